The molecule has 0 saturated carbocycles. The van der Waals surface area contributed by atoms with Gasteiger partial charge in [-0.05, 0) is 42.8 Å². The van der Waals surface area contributed by atoms with E-state index in [1.54, 1.807) is 22.9 Å². The van der Waals surface area contributed by atoms with Gasteiger partial charge in [0.05, 0.1) is 16.4 Å². The lowest BCUT2D eigenvalue weighted by molar-refractivity contribution is 0.101. The van der Waals surface area contributed by atoms with Crippen LogP contribution < -0.4 is 5.32 Å². The predicted molar refractivity (Wildman–Crippen MR) is 116 cm³/mol. The van der Waals surface area contributed by atoms with E-state index in [9.17, 15) is 4.79 Å². The minimum atomic E-state index is -0.439. The number of halogens is 2. The molecule has 0 aliphatic carbocycles. The predicted octanol–water partition coefficient (Wildman–Crippen LogP) is 5.80. The monoisotopic (exact) mass is 422 g/mol. The first kappa shape index (κ1) is 19.2. The topological polar surface area (TPSA) is 59.8 Å². The van der Waals surface area contributed by atoms with Crippen LogP contribution in [0.4, 0.5) is 5.69 Å². The maximum Gasteiger partial charge on any atom is 0.295 e. The molecule has 0 spiro atoms. The summed E-state index contributed by atoms with van der Waals surface area (Å²) in [5.74, 6) is 0.151. The number of anilines is 1. The largest absolute Gasteiger partial charge is 0.318 e. The van der Waals surface area contributed by atoms with Crippen LogP contribution in [0, 0.1) is 6.92 Å². The zero-order chi connectivity index (χ0) is 20.4. The normalized spacial score (nSPS) is 10.7. The van der Waals surface area contributed by atoms with E-state index >= 15 is 0 Å². The average molecular weight is 423 g/mol. The van der Waals surface area contributed by atoms with E-state index in [4.69, 9.17) is 23.2 Å². The SMILES string of the molecule is Cc1cccc(Cl)c1NC(=O)c1nc(-c2ccccc2)n(-c2ccc(Cl)cc2)n1. The number of rotatable bonds is 4. The number of amides is 1. The second kappa shape index (κ2) is 8.07. The number of carbonyl (C=O) groups is 1. The van der Waals surface area contributed by atoms with Crippen molar-refractivity contribution < 1.29 is 4.79 Å². The molecule has 0 unspecified atom stereocenters. The smallest absolute Gasteiger partial charge is 0.295 e. The number of nitrogens with one attached hydrogen (secondary N) is 1. The third kappa shape index (κ3) is 4.01. The molecule has 3 aromatic carbocycles. The molecular formula is C22H16Cl2N4O. The van der Waals surface area contributed by atoms with Gasteiger partial charge in [0.2, 0.25) is 5.82 Å². The Labute approximate surface area is 177 Å². The molecule has 0 bridgehead atoms. The Hall–Kier alpha value is -3.15. The third-order valence-electron chi connectivity index (χ3n) is 4.37. The van der Waals surface area contributed by atoms with Crippen LogP contribution in [0.15, 0.2) is 72.8 Å². The maximum absolute atomic E-state index is 12.9. The molecule has 1 heterocycles. The van der Waals surface area contributed by atoms with Crippen molar-refractivity contribution in [3.63, 3.8) is 0 Å². The summed E-state index contributed by atoms with van der Waals surface area (Å²) in [6.07, 6.45) is 0. The standard InChI is InChI=1S/C22H16Cl2N4O/c1-14-6-5-9-18(24)19(14)25-22(29)20-26-21(15-7-3-2-4-8-15)28(27-20)17-12-10-16(23)11-13-17/h2-13H,1H3,(H,25,29). The molecule has 29 heavy (non-hydrogen) atoms. The van der Waals surface area contributed by atoms with Crippen LogP contribution in [0.2, 0.25) is 10.0 Å². The molecule has 4 rings (SSSR count). The Kier molecular flexibility index (Phi) is 5.34. The van der Waals surface area contributed by atoms with Gasteiger partial charge in [0.25, 0.3) is 5.91 Å². The number of carbonyl (C=O) groups excluding carboxylic acids is 1. The third-order valence-corrected chi connectivity index (χ3v) is 4.94. The van der Waals surface area contributed by atoms with E-state index in [1.165, 1.54) is 0 Å². The van der Waals surface area contributed by atoms with Crippen molar-refractivity contribution in [2.75, 3.05) is 5.32 Å². The fourth-order valence-corrected chi connectivity index (χ4v) is 3.30. The highest BCUT2D eigenvalue weighted by atomic mass is 35.5. The molecule has 0 fully saturated rings. The number of benzene rings is 3. The summed E-state index contributed by atoms with van der Waals surface area (Å²) in [4.78, 5) is 17.4. The Morgan fingerprint density at radius 2 is 1.66 bits per heavy atom. The highest BCUT2D eigenvalue weighted by Gasteiger charge is 2.20. The van der Waals surface area contributed by atoms with Crippen molar-refractivity contribution in [3.05, 3.63) is 94.2 Å². The molecule has 1 N–H and O–H groups in total. The molecule has 0 saturated heterocycles. The van der Waals surface area contributed by atoms with Crippen LogP contribution in [-0.4, -0.2) is 20.7 Å². The van der Waals surface area contributed by atoms with E-state index in [2.05, 4.69) is 15.4 Å². The number of nitrogens with zero attached hydrogens (tertiary/aromatic N) is 3. The lowest BCUT2D eigenvalue weighted by atomic mass is 10.2. The summed E-state index contributed by atoms with van der Waals surface area (Å²) in [6.45, 7) is 1.87. The van der Waals surface area contributed by atoms with Gasteiger partial charge in [-0.25, -0.2) is 9.67 Å². The van der Waals surface area contributed by atoms with Crippen molar-refractivity contribution >= 4 is 34.8 Å². The number of aryl methyl sites for hydroxylation is 1. The maximum atomic E-state index is 12.9. The Bertz CT molecular complexity index is 1150. The van der Waals surface area contributed by atoms with E-state index in [0.717, 1.165) is 16.8 Å². The van der Waals surface area contributed by atoms with Gasteiger partial charge < -0.3 is 5.32 Å². The van der Waals surface area contributed by atoms with Crippen molar-refractivity contribution in [1.29, 1.82) is 0 Å². The molecule has 1 aromatic heterocycles. The lowest BCUT2D eigenvalue weighted by Gasteiger charge is -2.08. The molecule has 5 nitrogen and oxygen atoms in total. The van der Waals surface area contributed by atoms with Crippen LogP contribution in [0.3, 0.4) is 0 Å². The van der Waals surface area contributed by atoms with Crippen LogP contribution in [0.25, 0.3) is 17.1 Å². The van der Waals surface area contributed by atoms with Crippen molar-refractivity contribution in [2.24, 2.45) is 0 Å². The number of aromatic nitrogens is 3. The van der Waals surface area contributed by atoms with Crippen LogP contribution in [-0.2, 0) is 0 Å². The highest BCUT2D eigenvalue weighted by Crippen LogP contribution is 2.26. The van der Waals surface area contributed by atoms with E-state index in [-0.39, 0.29) is 5.82 Å². The van der Waals surface area contributed by atoms with Crippen molar-refractivity contribution in [1.82, 2.24) is 14.8 Å². The molecule has 4 aromatic rings. The zero-order valence-corrected chi connectivity index (χ0v) is 16.9. The second-order valence-corrected chi connectivity index (χ2v) is 7.24. The van der Waals surface area contributed by atoms with Crippen LogP contribution in [0.1, 0.15) is 16.2 Å². The summed E-state index contributed by atoms with van der Waals surface area (Å²) in [7, 11) is 0. The van der Waals surface area contributed by atoms with E-state index < -0.39 is 5.91 Å². The fourth-order valence-electron chi connectivity index (χ4n) is 2.90. The van der Waals surface area contributed by atoms with E-state index in [1.807, 2.05) is 61.5 Å². The van der Waals surface area contributed by atoms with Gasteiger partial charge in [0.15, 0.2) is 5.82 Å². The lowest BCUT2D eigenvalue weighted by Crippen LogP contribution is -2.15. The fraction of sp³-hybridized carbons (Fsp3) is 0.0455. The van der Waals surface area contributed by atoms with E-state index in [0.29, 0.717) is 21.6 Å². The molecule has 0 aliphatic heterocycles. The molecule has 7 heteroatoms. The average Bonchev–Trinajstić information content (AvgIpc) is 3.17. The Morgan fingerprint density at radius 3 is 2.34 bits per heavy atom. The molecule has 144 valence electrons. The van der Waals surface area contributed by atoms with Crippen molar-refractivity contribution in [3.8, 4) is 17.1 Å². The summed E-state index contributed by atoms with van der Waals surface area (Å²) in [5, 5.41) is 8.34. The second-order valence-electron chi connectivity index (χ2n) is 6.40. The first-order chi connectivity index (χ1) is 14.0. The number of hydrogen-bond donors (Lipinski definition) is 1. The van der Waals surface area contributed by atoms with Gasteiger partial charge in [-0.15, -0.1) is 5.10 Å². The van der Waals surface area contributed by atoms with Gasteiger partial charge in [-0.3, -0.25) is 4.79 Å². The quantitative estimate of drug-likeness (QED) is 0.451. The van der Waals surface area contributed by atoms with Gasteiger partial charge in [-0.1, -0.05) is 65.7 Å². The minimum absolute atomic E-state index is 0.0399. The molecule has 0 radical (unpaired) electrons. The van der Waals surface area contributed by atoms with Gasteiger partial charge in [0, 0.05) is 10.6 Å². The highest BCUT2D eigenvalue weighted by molar-refractivity contribution is 6.34. The number of hydrogen-bond acceptors (Lipinski definition) is 3. The Morgan fingerprint density at radius 1 is 0.931 bits per heavy atom. The number of para-hydroxylation sites is 1. The Balaban J connectivity index is 1.77. The summed E-state index contributed by atoms with van der Waals surface area (Å²) in [6, 6.07) is 22.1. The minimum Gasteiger partial charge on any atom is -0.318 e. The summed E-state index contributed by atoms with van der Waals surface area (Å²) < 4.78 is 1.63. The van der Waals surface area contributed by atoms with Gasteiger partial charge >= 0.3 is 0 Å². The first-order valence-electron chi connectivity index (χ1n) is 8.88. The van der Waals surface area contributed by atoms with Crippen molar-refractivity contribution in [2.45, 2.75) is 6.92 Å². The molecule has 0 aliphatic rings. The van der Waals surface area contributed by atoms with Gasteiger partial charge in [-0.2, -0.15) is 0 Å². The molecule has 1 amide bonds. The van der Waals surface area contributed by atoms with Crippen LogP contribution in [0.5, 0.6) is 0 Å². The first-order valence-corrected chi connectivity index (χ1v) is 9.63. The van der Waals surface area contributed by atoms with Gasteiger partial charge in [0.1, 0.15) is 0 Å². The zero-order valence-electron chi connectivity index (χ0n) is 15.4. The summed E-state index contributed by atoms with van der Waals surface area (Å²) >= 11 is 12.2. The van der Waals surface area contributed by atoms with Crippen LogP contribution >= 0.6 is 23.2 Å². The molecular weight excluding hydrogens is 407 g/mol. The summed E-state index contributed by atoms with van der Waals surface area (Å²) in [5.41, 5.74) is 2.98. The molecule has 0 atom stereocenters.